The first-order valence-corrected chi connectivity index (χ1v) is 4.96. The summed E-state index contributed by atoms with van der Waals surface area (Å²) in [5.41, 5.74) is 0. The van der Waals surface area contributed by atoms with Crippen LogP contribution in [0, 0.1) is 0 Å². The highest BCUT2D eigenvalue weighted by Gasteiger charge is 2.03. The van der Waals surface area contributed by atoms with E-state index in [-0.39, 0.29) is 0 Å². The van der Waals surface area contributed by atoms with E-state index in [1.165, 1.54) is 19.3 Å². The Morgan fingerprint density at radius 3 is 2.50 bits per heavy atom. The van der Waals surface area contributed by atoms with Crippen LogP contribution in [-0.2, 0) is 4.74 Å². The Labute approximate surface area is 76.7 Å². The first-order chi connectivity index (χ1) is 5.70. The molecule has 2 heteroatoms. The summed E-state index contributed by atoms with van der Waals surface area (Å²) in [6.07, 6.45) is 4.20. The molecule has 0 aromatic rings. The SMILES string of the molecule is CCCCC(C)NCC(C)OC. The number of nitrogens with one attached hydrogen (secondary N) is 1. The van der Waals surface area contributed by atoms with Crippen LogP contribution < -0.4 is 5.32 Å². The predicted molar refractivity (Wildman–Crippen MR) is 53.5 cm³/mol. The molecular formula is C10H23NO. The molecule has 2 nitrogen and oxygen atoms in total. The minimum Gasteiger partial charge on any atom is -0.380 e. The number of methoxy groups -OCH3 is 1. The molecular weight excluding hydrogens is 150 g/mol. The van der Waals surface area contributed by atoms with Crippen LogP contribution in [-0.4, -0.2) is 25.8 Å². The Balaban J connectivity index is 3.24. The molecule has 0 saturated heterocycles. The zero-order chi connectivity index (χ0) is 9.40. The normalized spacial score (nSPS) is 16.0. The van der Waals surface area contributed by atoms with Gasteiger partial charge in [0.1, 0.15) is 0 Å². The van der Waals surface area contributed by atoms with Gasteiger partial charge in [-0.3, -0.25) is 0 Å². The molecule has 0 aliphatic rings. The maximum Gasteiger partial charge on any atom is 0.0667 e. The van der Waals surface area contributed by atoms with E-state index in [0.29, 0.717) is 12.1 Å². The molecule has 74 valence electrons. The van der Waals surface area contributed by atoms with Crippen molar-refractivity contribution in [3.63, 3.8) is 0 Å². The number of ether oxygens (including phenoxy) is 1. The van der Waals surface area contributed by atoms with E-state index in [1.54, 1.807) is 7.11 Å². The van der Waals surface area contributed by atoms with Crippen molar-refractivity contribution in [2.45, 2.75) is 52.2 Å². The summed E-state index contributed by atoms with van der Waals surface area (Å²) < 4.78 is 5.14. The van der Waals surface area contributed by atoms with Crippen molar-refractivity contribution in [3.05, 3.63) is 0 Å². The summed E-state index contributed by atoms with van der Waals surface area (Å²) in [5.74, 6) is 0. The molecule has 2 unspecified atom stereocenters. The molecule has 2 atom stereocenters. The summed E-state index contributed by atoms with van der Waals surface area (Å²) in [7, 11) is 1.75. The Hall–Kier alpha value is -0.0800. The maximum atomic E-state index is 5.14. The fourth-order valence-electron chi connectivity index (χ4n) is 1.06. The van der Waals surface area contributed by atoms with Gasteiger partial charge in [0.15, 0.2) is 0 Å². The molecule has 0 bridgehead atoms. The molecule has 0 aliphatic heterocycles. The number of hydrogen-bond acceptors (Lipinski definition) is 2. The average Bonchev–Trinajstić information content (AvgIpc) is 2.10. The number of unbranched alkanes of at least 4 members (excludes halogenated alkanes) is 1. The van der Waals surface area contributed by atoms with Crippen molar-refractivity contribution in [2.75, 3.05) is 13.7 Å². The van der Waals surface area contributed by atoms with Crippen molar-refractivity contribution in [1.29, 1.82) is 0 Å². The van der Waals surface area contributed by atoms with Crippen LogP contribution in [0.5, 0.6) is 0 Å². The van der Waals surface area contributed by atoms with Gasteiger partial charge in [0.2, 0.25) is 0 Å². The molecule has 0 heterocycles. The molecule has 0 rings (SSSR count). The standard InChI is InChI=1S/C10H23NO/c1-5-6-7-9(2)11-8-10(3)12-4/h9-11H,5-8H2,1-4H3. The van der Waals surface area contributed by atoms with Crippen molar-refractivity contribution in [2.24, 2.45) is 0 Å². The Bertz CT molecular complexity index is 95.8. The molecule has 0 radical (unpaired) electrons. The fourth-order valence-corrected chi connectivity index (χ4v) is 1.06. The second kappa shape index (κ2) is 7.56. The van der Waals surface area contributed by atoms with Gasteiger partial charge in [0.05, 0.1) is 6.10 Å². The second-order valence-electron chi connectivity index (χ2n) is 3.50. The zero-order valence-corrected chi connectivity index (χ0v) is 8.89. The van der Waals surface area contributed by atoms with E-state index in [4.69, 9.17) is 4.74 Å². The van der Waals surface area contributed by atoms with Gasteiger partial charge in [0.25, 0.3) is 0 Å². The highest BCUT2D eigenvalue weighted by molar-refractivity contribution is 4.62. The molecule has 12 heavy (non-hydrogen) atoms. The molecule has 0 fully saturated rings. The van der Waals surface area contributed by atoms with Crippen LogP contribution >= 0.6 is 0 Å². The first-order valence-electron chi connectivity index (χ1n) is 4.96. The van der Waals surface area contributed by atoms with Gasteiger partial charge >= 0.3 is 0 Å². The Morgan fingerprint density at radius 2 is 2.00 bits per heavy atom. The van der Waals surface area contributed by atoms with Gasteiger partial charge in [-0.2, -0.15) is 0 Å². The highest BCUT2D eigenvalue weighted by Crippen LogP contribution is 1.99. The quantitative estimate of drug-likeness (QED) is 0.637. The maximum absolute atomic E-state index is 5.14. The minimum absolute atomic E-state index is 0.328. The third kappa shape index (κ3) is 6.62. The average molecular weight is 173 g/mol. The Kier molecular flexibility index (Phi) is 7.51. The van der Waals surface area contributed by atoms with E-state index >= 15 is 0 Å². The zero-order valence-electron chi connectivity index (χ0n) is 8.89. The van der Waals surface area contributed by atoms with Crippen LogP contribution in [0.4, 0.5) is 0 Å². The summed E-state index contributed by atoms with van der Waals surface area (Å²) in [5, 5.41) is 3.44. The lowest BCUT2D eigenvalue weighted by Gasteiger charge is -2.16. The van der Waals surface area contributed by atoms with Crippen molar-refractivity contribution in [3.8, 4) is 0 Å². The minimum atomic E-state index is 0.328. The van der Waals surface area contributed by atoms with Gasteiger partial charge in [0, 0.05) is 19.7 Å². The Morgan fingerprint density at radius 1 is 1.33 bits per heavy atom. The second-order valence-corrected chi connectivity index (χ2v) is 3.50. The molecule has 0 spiro atoms. The largest absolute Gasteiger partial charge is 0.380 e. The molecule has 0 aromatic heterocycles. The summed E-state index contributed by atoms with van der Waals surface area (Å²) in [6.45, 7) is 7.50. The lowest BCUT2D eigenvalue weighted by Crippen LogP contribution is -2.33. The third-order valence-corrected chi connectivity index (χ3v) is 2.15. The van der Waals surface area contributed by atoms with E-state index < -0.39 is 0 Å². The summed E-state index contributed by atoms with van der Waals surface area (Å²) in [4.78, 5) is 0. The van der Waals surface area contributed by atoms with Crippen molar-refractivity contribution < 1.29 is 4.74 Å². The van der Waals surface area contributed by atoms with E-state index in [1.807, 2.05) is 0 Å². The number of hydrogen-bond donors (Lipinski definition) is 1. The molecule has 0 aromatic carbocycles. The molecule has 0 saturated carbocycles. The van der Waals surface area contributed by atoms with Gasteiger partial charge in [-0.05, 0) is 20.3 Å². The van der Waals surface area contributed by atoms with Crippen LogP contribution in [0.25, 0.3) is 0 Å². The van der Waals surface area contributed by atoms with Crippen LogP contribution in [0.15, 0.2) is 0 Å². The van der Waals surface area contributed by atoms with Crippen molar-refractivity contribution >= 4 is 0 Å². The van der Waals surface area contributed by atoms with Crippen LogP contribution in [0.1, 0.15) is 40.0 Å². The van der Waals surface area contributed by atoms with E-state index in [9.17, 15) is 0 Å². The van der Waals surface area contributed by atoms with Gasteiger partial charge in [-0.25, -0.2) is 0 Å². The molecule has 1 N–H and O–H groups in total. The van der Waals surface area contributed by atoms with Crippen LogP contribution in [0.2, 0.25) is 0 Å². The summed E-state index contributed by atoms with van der Waals surface area (Å²) in [6, 6.07) is 0.627. The molecule has 0 aliphatic carbocycles. The lowest BCUT2D eigenvalue weighted by molar-refractivity contribution is 0.114. The van der Waals surface area contributed by atoms with Gasteiger partial charge in [-0.1, -0.05) is 19.8 Å². The van der Waals surface area contributed by atoms with Crippen LogP contribution in [0.3, 0.4) is 0 Å². The topological polar surface area (TPSA) is 21.3 Å². The van der Waals surface area contributed by atoms with Crippen molar-refractivity contribution in [1.82, 2.24) is 5.32 Å². The predicted octanol–water partition coefficient (Wildman–Crippen LogP) is 2.19. The summed E-state index contributed by atoms with van der Waals surface area (Å²) >= 11 is 0. The smallest absolute Gasteiger partial charge is 0.0667 e. The monoisotopic (exact) mass is 173 g/mol. The fraction of sp³-hybridized carbons (Fsp3) is 1.00. The van der Waals surface area contributed by atoms with E-state index in [0.717, 1.165) is 6.54 Å². The first kappa shape index (κ1) is 11.9. The number of rotatable bonds is 7. The van der Waals surface area contributed by atoms with Gasteiger partial charge in [-0.15, -0.1) is 0 Å². The third-order valence-electron chi connectivity index (χ3n) is 2.15. The van der Waals surface area contributed by atoms with Gasteiger partial charge < -0.3 is 10.1 Å². The molecule has 0 amide bonds. The lowest BCUT2D eigenvalue weighted by atomic mass is 10.1. The van der Waals surface area contributed by atoms with E-state index in [2.05, 4.69) is 26.1 Å². The highest BCUT2D eigenvalue weighted by atomic mass is 16.5.